The van der Waals surface area contributed by atoms with E-state index in [0.717, 1.165) is 10.2 Å². The fourth-order valence-corrected chi connectivity index (χ4v) is 2.23. The average molecular weight is 395 g/mol. The Morgan fingerprint density at radius 2 is 2.13 bits per heavy atom. The molecule has 0 bridgehead atoms. The maximum absolute atomic E-state index is 10.7. The molecule has 0 radical (unpaired) electrons. The Kier molecular flexibility index (Phi) is 5.61. The van der Waals surface area contributed by atoms with Crippen molar-refractivity contribution in [3.63, 3.8) is 0 Å². The first-order valence-corrected chi connectivity index (χ1v) is 7.49. The summed E-state index contributed by atoms with van der Waals surface area (Å²) < 4.78 is 0.908. The number of nitrogens with one attached hydrogen (secondary N) is 2. The van der Waals surface area contributed by atoms with Crippen LogP contribution in [0.3, 0.4) is 0 Å². The number of anilines is 1. The van der Waals surface area contributed by atoms with E-state index in [1.165, 1.54) is 24.4 Å². The molecule has 0 saturated carbocycles. The van der Waals surface area contributed by atoms with Crippen molar-refractivity contribution in [2.45, 2.75) is 0 Å². The standard InChI is InChI=1S/C14H11BrN4O3S/c15-10-2-1-3-11(7-10)17-14(23)18-16-8-9-4-5-13(20)12(6-9)19(21)22/h1-8,20H,(H2,17,18,23)/b16-8-. The molecule has 0 unspecified atom stereocenters. The van der Waals surface area contributed by atoms with E-state index in [9.17, 15) is 15.2 Å². The maximum atomic E-state index is 10.7. The van der Waals surface area contributed by atoms with Crippen LogP contribution >= 0.6 is 28.1 Å². The number of aromatic hydroxyl groups is 1. The number of benzene rings is 2. The highest BCUT2D eigenvalue weighted by Gasteiger charge is 2.12. The van der Waals surface area contributed by atoms with Gasteiger partial charge in [-0.1, -0.05) is 22.0 Å². The molecule has 0 fully saturated rings. The van der Waals surface area contributed by atoms with E-state index >= 15 is 0 Å². The minimum absolute atomic E-state index is 0.271. The van der Waals surface area contributed by atoms with E-state index in [2.05, 4.69) is 31.8 Å². The summed E-state index contributed by atoms with van der Waals surface area (Å²) in [5.41, 5.74) is 3.45. The molecule has 0 aliphatic carbocycles. The number of thiocarbonyl (C=S) groups is 1. The normalized spacial score (nSPS) is 10.5. The fraction of sp³-hybridized carbons (Fsp3) is 0. The topological polar surface area (TPSA) is 99.8 Å². The molecule has 2 aromatic rings. The fourth-order valence-electron chi connectivity index (χ4n) is 1.66. The van der Waals surface area contributed by atoms with Crippen LogP contribution in [0.2, 0.25) is 0 Å². The summed E-state index contributed by atoms with van der Waals surface area (Å²) in [6.07, 6.45) is 1.36. The molecule has 23 heavy (non-hydrogen) atoms. The minimum atomic E-state index is -0.667. The number of nitro benzene ring substituents is 1. The Morgan fingerprint density at radius 1 is 1.35 bits per heavy atom. The SMILES string of the molecule is O=[N+]([O-])c1cc(/C=N\NC(=S)Nc2cccc(Br)c2)ccc1O. The third-order valence-corrected chi connectivity index (χ3v) is 3.34. The molecule has 2 rings (SSSR count). The van der Waals surface area contributed by atoms with Gasteiger partial charge in [0.2, 0.25) is 0 Å². The largest absolute Gasteiger partial charge is 0.502 e. The van der Waals surface area contributed by atoms with Crippen molar-refractivity contribution in [3.05, 3.63) is 62.6 Å². The molecular weight excluding hydrogens is 384 g/mol. The smallest absolute Gasteiger partial charge is 0.311 e. The number of rotatable bonds is 4. The molecule has 118 valence electrons. The summed E-state index contributed by atoms with van der Waals surface area (Å²) in [6.45, 7) is 0. The van der Waals surface area contributed by atoms with Gasteiger partial charge in [0.25, 0.3) is 0 Å². The molecule has 7 nitrogen and oxygen atoms in total. The zero-order valence-electron chi connectivity index (χ0n) is 11.6. The number of halogens is 1. The predicted octanol–water partition coefficient (Wildman–Crippen LogP) is 3.38. The van der Waals surface area contributed by atoms with Gasteiger partial charge < -0.3 is 10.4 Å². The molecule has 0 spiro atoms. The van der Waals surface area contributed by atoms with Crippen molar-refractivity contribution < 1.29 is 10.0 Å². The Labute approximate surface area is 145 Å². The van der Waals surface area contributed by atoms with Gasteiger partial charge in [-0.2, -0.15) is 5.10 Å². The first-order chi connectivity index (χ1) is 11.0. The molecule has 0 heterocycles. The zero-order valence-corrected chi connectivity index (χ0v) is 14.0. The van der Waals surface area contributed by atoms with Crippen LogP contribution in [0.1, 0.15) is 5.56 Å². The molecule has 0 aromatic heterocycles. The van der Waals surface area contributed by atoms with Gasteiger partial charge in [-0.3, -0.25) is 15.5 Å². The summed E-state index contributed by atoms with van der Waals surface area (Å²) in [7, 11) is 0. The van der Waals surface area contributed by atoms with Crippen molar-refractivity contribution in [2.24, 2.45) is 5.10 Å². The van der Waals surface area contributed by atoms with E-state index in [-0.39, 0.29) is 10.8 Å². The summed E-state index contributed by atoms with van der Waals surface area (Å²) >= 11 is 8.43. The van der Waals surface area contributed by atoms with Gasteiger partial charge in [0.1, 0.15) is 0 Å². The number of nitrogens with zero attached hydrogens (tertiary/aromatic N) is 2. The van der Waals surface area contributed by atoms with Crippen molar-refractivity contribution in [1.82, 2.24) is 5.43 Å². The van der Waals surface area contributed by atoms with Gasteiger partial charge >= 0.3 is 5.69 Å². The van der Waals surface area contributed by atoms with Gasteiger partial charge in [-0.05, 0) is 42.5 Å². The molecule has 9 heteroatoms. The lowest BCUT2D eigenvalue weighted by Crippen LogP contribution is -2.23. The van der Waals surface area contributed by atoms with Gasteiger partial charge in [-0.25, -0.2) is 0 Å². The van der Waals surface area contributed by atoms with E-state index in [1.54, 1.807) is 0 Å². The lowest BCUT2D eigenvalue weighted by molar-refractivity contribution is -0.385. The van der Waals surface area contributed by atoms with Crippen LogP contribution in [0.4, 0.5) is 11.4 Å². The minimum Gasteiger partial charge on any atom is -0.502 e. The monoisotopic (exact) mass is 394 g/mol. The van der Waals surface area contributed by atoms with Crippen LogP contribution in [0.5, 0.6) is 5.75 Å². The Morgan fingerprint density at radius 3 is 2.83 bits per heavy atom. The van der Waals surface area contributed by atoms with E-state index in [1.807, 2.05) is 24.3 Å². The Bertz CT molecular complexity index is 782. The van der Waals surface area contributed by atoms with Crippen LogP contribution in [0, 0.1) is 10.1 Å². The highest BCUT2D eigenvalue weighted by Crippen LogP contribution is 2.25. The van der Waals surface area contributed by atoms with Crippen LogP contribution < -0.4 is 10.7 Å². The van der Waals surface area contributed by atoms with E-state index in [4.69, 9.17) is 12.2 Å². The number of phenols is 1. The molecule has 2 aromatic carbocycles. The second-order valence-electron chi connectivity index (χ2n) is 4.34. The lowest BCUT2D eigenvalue weighted by atomic mass is 10.2. The molecule has 0 aliphatic heterocycles. The van der Waals surface area contributed by atoms with Gasteiger partial charge in [0.15, 0.2) is 10.9 Å². The molecule has 0 aliphatic rings. The van der Waals surface area contributed by atoms with Crippen molar-refractivity contribution >= 4 is 50.8 Å². The molecular formula is C14H11BrN4O3S. The Balaban J connectivity index is 1.97. The number of nitro groups is 1. The second kappa shape index (κ2) is 7.65. The van der Waals surface area contributed by atoms with E-state index < -0.39 is 10.7 Å². The average Bonchev–Trinajstić information content (AvgIpc) is 2.48. The van der Waals surface area contributed by atoms with Crippen LogP contribution in [-0.4, -0.2) is 21.4 Å². The first kappa shape index (κ1) is 16.8. The molecule has 0 atom stereocenters. The summed E-state index contributed by atoms with van der Waals surface area (Å²) in [4.78, 5) is 10.1. The van der Waals surface area contributed by atoms with E-state index in [0.29, 0.717) is 5.56 Å². The van der Waals surface area contributed by atoms with Gasteiger partial charge in [-0.15, -0.1) is 0 Å². The van der Waals surface area contributed by atoms with Crippen LogP contribution in [0.15, 0.2) is 52.0 Å². The molecule has 0 amide bonds. The maximum Gasteiger partial charge on any atom is 0.311 e. The number of phenolic OH excluding ortho intramolecular Hbond substituents is 1. The van der Waals surface area contributed by atoms with Crippen LogP contribution in [-0.2, 0) is 0 Å². The number of hydrogen-bond donors (Lipinski definition) is 3. The molecule has 0 saturated heterocycles. The highest BCUT2D eigenvalue weighted by atomic mass is 79.9. The lowest BCUT2D eigenvalue weighted by Gasteiger charge is -2.07. The number of hydrogen-bond acceptors (Lipinski definition) is 5. The third kappa shape index (κ3) is 5.01. The number of hydrazone groups is 1. The molecule has 3 N–H and O–H groups in total. The van der Waals surface area contributed by atoms with Crippen molar-refractivity contribution in [3.8, 4) is 5.75 Å². The highest BCUT2D eigenvalue weighted by molar-refractivity contribution is 9.10. The van der Waals surface area contributed by atoms with Gasteiger partial charge in [0, 0.05) is 21.8 Å². The summed E-state index contributed by atoms with van der Waals surface area (Å²) in [5, 5.41) is 27.2. The van der Waals surface area contributed by atoms with Crippen LogP contribution in [0.25, 0.3) is 0 Å². The van der Waals surface area contributed by atoms with Crippen molar-refractivity contribution in [1.29, 1.82) is 0 Å². The Hall–Kier alpha value is -2.52. The first-order valence-electron chi connectivity index (χ1n) is 6.29. The zero-order chi connectivity index (χ0) is 16.8. The second-order valence-corrected chi connectivity index (χ2v) is 5.66. The quantitative estimate of drug-likeness (QED) is 0.318. The van der Waals surface area contributed by atoms with Crippen molar-refractivity contribution in [2.75, 3.05) is 5.32 Å². The summed E-state index contributed by atoms with van der Waals surface area (Å²) in [6, 6.07) is 11.4. The van der Waals surface area contributed by atoms with Gasteiger partial charge in [0.05, 0.1) is 11.1 Å². The predicted molar refractivity (Wildman–Crippen MR) is 95.9 cm³/mol. The third-order valence-electron chi connectivity index (χ3n) is 2.66. The summed E-state index contributed by atoms with van der Waals surface area (Å²) in [5.74, 6) is -0.396.